The molecule has 0 fully saturated rings. The van der Waals surface area contributed by atoms with Crippen molar-refractivity contribution in [3.05, 3.63) is 293 Å². The van der Waals surface area contributed by atoms with Crippen LogP contribution in [0.15, 0.2) is 249 Å². The Kier molecular flexibility index (Phi) is 8.68. The molecule has 0 amide bonds. The molecule has 13 aromatic rings. The van der Waals surface area contributed by atoms with Crippen LogP contribution in [0, 0.1) is 0 Å². The van der Waals surface area contributed by atoms with Crippen LogP contribution >= 0.6 is 0 Å². The van der Waals surface area contributed by atoms with Gasteiger partial charge in [-0.1, -0.05) is 234 Å². The fourth-order valence-electron chi connectivity index (χ4n) is 15.7. The number of hydrogen-bond acceptors (Lipinski definition) is 1. The highest BCUT2D eigenvalue weighted by molar-refractivity contribution is 6.26. The van der Waals surface area contributed by atoms with Crippen molar-refractivity contribution in [1.82, 2.24) is 0 Å². The quantitative estimate of drug-likeness (QED) is 0.159. The topological polar surface area (TPSA) is 3.24 Å². The second kappa shape index (κ2) is 15.4. The molecule has 0 bridgehead atoms. The molecule has 366 valence electrons. The second-order valence-electron chi connectivity index (χ2n) is 23.4. The van der Waals surface area contributed by atoms with Crippen LogP contribution in [0.2, 0.25) is 0 Å². The normalized spacial score (nSPS) is 15.0. The summed E-state index contributed by atoms with van der Waals surface area (Å²) in [7, 11) is 0. The maximum absolute atomic E-state index is 2.58. The first kappa shape index (κ1) is 43.9. The summed E-state index contributed by atoms with van der Waals surface area (Å²) in [4.78, 5) is 2.57. The molecule has 17 rings (SSSR count). The zero-order valence-corrected chi connectivity index (χ0v) is 44.1. The molecule has 0 saturated heterocycles. The first-order chi connectivity index (χ1) is 38.2. The summed E-state index contributed by atoms with van der Waals surface area (Å²) < 4.78 is 0. The molecular formula is C77H53N. The van der Waals surface area contributed by atoms with Gasteiger partial charge in [-0.3, -0.25) is 0 Å². The number of anilines is 3. The van der Waals surface area contributed by atoms with Gasteiger partial charge < -0.3 is 4.90 Å². The van der Waals surface area contributed by atoms with E-state index in [0.717, 1.165) is 11.4 Å². The number of benzene rings is 13. The van der Waals surface area contributed by atoms with Gasteiger partial charge in [0.25, 0.3) is 0 Å². The lowest BCUT2D eigenvalue weighted by Gasteiger charge is -2.33. The van der Waals surface area contributed by atoms with Crippen molar-refractivity contribution < 1.29 is 0 Å². The van der Waals surface area contributed by atoms with E-state index in [1.807, 2.05) is 0 Å². The van der Waals surface area contributed by atoms with E-state index >= 15 is 0 Å². The molecule has 0 aromatic heterocycles. The van der Waals surface area contributed by atoms with Crippen molar-refractivity contribution >= 4 is 60.2 Å². The summed E-state index contributed by atoms with van der Waals surface area (Å²) in [6.45, 7) is 9.96. The average Bonchev–Trinajstić information content (AvgIpc) is 3.87. The third-order valence-corrected chi connectivity index (χ3v) is 19.0. The largest absolute Gasteiger partial charge is 0.310 e. The SMILES string of the molecule is CC1(C)c2cc3c4ccccc4c4ccccc4c3cc2-c2ccc3c(c21)C(C)(C)c1cc(N(c2ccc(-c4ccccc4)cc2)c2ccc4c(c2)C2(c5ccccc5-c5ccccc52)c2ccccc2-4)c2ccccc2c1-3. The number of hydrogen-bond donors (Lipinski definition) is 0. The van der Waals surface area contributed by atoms with Gasteiger partial charge in [-0.2, -0.15) is 0 Å². The van der Waals surface area contributed by atoms with Gasteiger partial charge in [0.1, 0.15) is 0 Å². The van der Waals surface area contributed by atoms with Crippen LogP contribution < -0.4 is 4.90 Å². The van der Waals surface area contributed by atoms with E-state index in [9.17, 15) is 0 Å². The molecular weight excluding hydrogens is 939 g/mol. The van der Waals surface area contributed by atoms with Gasteiger partial charge >= 0.3 is 0 Å². The Bertz CT molecular complexity index is 4720. The Morgan fingerprint density at radius 2 is 0.692 bits per heavy atom. The van der Waals surface area contributed by atoms with Gasteiger partial charge in [0.05, 0.1) is 11.1 Å². The van der Waals surface area contributed by atoms with Crippen LogP contribution in [0.3, 0.4) is 0 Å². The summed E-state index contributed by atoms with van der Waals surface area (Å²) in [5.41, 5.74) is 26.5. The van der Waals surface area contributed by atoms with E-state index in [-0.39, 0.29) is 10.8 Å². The molecule has 4 aliphatic carbocycles. The molecule has 1 spiro atoms. The fourth-order valence-corrected chi connectivity index (χ4v) is 15.7. The van der Waals surface area contributed by atoms with Crippen LogP contribution in [0.1, 0.15) is 72.2 Å². The van der Waals surface area contributed by atoms with Crippen molar-refractivity contribution in [1.29, 1.82) is 0 Å². The Labute approximate surface area is 455 Å². The average molecular weight is 992 g/mol. The summed E-state index contributed by atoms with van der Waals surface area (Å²) >= 11 is 0. The van der Waals surface area contributed by atoms with Crippen molar-refractivity contribution in [3.8, 4) is 55.6 Å². The van der Waals surface area contributed by atoms with Crippen LogP contribution in [0.5, 0.6) is 0 Å². The molecule has 0 heterocycles. The number of rotatable bonds is 4. The van der Waals surface area contributed by atoms with Gasteiger partial charge in [0, 0.05) is 27.6 Å². The standard InChI is InChI=1S/C77H53N/c1-75(2)68-44-63-53-25-11-9-23-51(53)50-22-8-10-24-52(50)62(63)43-64(68)60-40-41-61-72-59-30-13-12-29-58(59)71(45-70(72)76(3,4)74(61)73(60)75)78(48-36-34-47(35-37-48)46-20-6-5-7-21-46)49-38-39-57-56-28-16-19-33-67(56)77(69(57)42-49)65-31-17-14-26-54(65)55-27-15-18-32-66(55)77/h5-45H,1-4H3. The van der Waals surface area contributed by atoms with Crippen molar-refractivity contribution in [3.63, 3.8) is 0 Å². The Balaban J connectivity index is 0.899. The zero-order valence-electron chi connectivity index (χ0n) is 44.1. The van der Waals surface area contributed by atoms with E-state index in [1.165, 1.54) is 149 Å². The molecule has 1 nitrogen and oxygen atoms in total. The first-order valence-electron chi connectivity index (χ1n) is 27.7. The lowest BCUT2D eigenvalue weighted by atomic mass is 9.70. The molecule has 0 unspecified atom stereocenters. The van der Waals surface area contributed by atoms with Crippen molar-refractivity contribution in [2.24, 2.45) is 0 Å². The molecule has 1 heteroatoms. The molecule has 78 heavy (non-hydrogen) atoms. The van der Waals surface area contributed by atoms with Gasteiger partial charge in [-0.05, 0) is 180 Å². The van der Waals surface area contributed by atoms with E-state index in [2.05, 4.69) is 281 Å². The third kappa shape index (κ3) is 5.50. The monoisotopic (exact) mass is 991 g/mol. The summed E-state index contributed by atoms with van der Waals surface area (Å²) in [5, 5.41) is 10.4. The molecule has 0 atom stereocenters. The third-order valence-electron chi connectivity index (χ3n) is 19.0. The highest BCUT2D eigenvalue weighted by atomic mass is 15.1. The molecule has 4 aliphatic rings. The first-order valence-corrected chi connectivity index (χ1v) is 27.7. The minimum atomic E-state index is -0.474. The number of fused-ring (bicyclic) bond motifs is 25. The minimum absolute atomic E-state index is 0.253. The zero-order chi connectivity index (χ0) is 51.8. The van der Waals surface area contributed by atoms with Gasteiger partial charge in [-0.15, -0.1) is 0 Å². The smallest absolute Gasteiger partial charge is 0.0726 e. The van der Waals surface area contributed by atoms with Crippen LogP contribution in [0.25, 0.3) is 98.7 Å². The van der Waals surface area contributed by atoms with Gasteiger partial charge in [-0.25, -0.2) is 0 Å². The van der Waals surface area contributed by atoms with E-state index < -0.39 is 5.41 Å². The molecule has 13 aromatic carbocycles. The highest BCUT2D eigenvalue weighted by Crippen LogP contribution is 2.65. The van der Waals surface area contributed by atoms with Gasteiger partial charge in [0.15, 0.2) is 0 Å². The maximum Gasteiger partial charge on any atom is 0.0726 e. The summed E-state index contributed by atoms with van der Waals surface area (Å²) in [6.07, 6.45) is 0. The number of nitrogens with zero attached hydrogens (tertiary/aromatic N) is 1. The van der Waals surface area contributed by atoms with Crippen molar-refractivity contribution in [2.45, 2.75) is 43.9 Å². The molecule has 0 radical (unpaired) electrons. The summed E-state index contributed by atoms with van der Waals surface area (Å²) in [6, 6.07) is 94.6. The molecule has 0 aliphatic heterocycles. The van der Waals surface area contributed by atoms with Crippen molar-refractivity contribution in [2.75, 3.05) is 4.90 Å². The lowest BCUT2D eigenvalue weighted by Crippen LogP contribution is -2.26. The Morgan fingerprint density at radius 3 is 1.31 bits per heavy atom. The minimum Gasteiger partial charge on any atom is -0.310 e. The van der Waals surface area contributed by atoms with Crippen LogP contribution in [0.4, 0.5) is 17.1 Å². The predicted octanol–water partition coefficient (Wildman–Crippen LogP) is 20.4. The van der Waals surface area contributed by atoms with Gasteiger partial charge in [0.2, 0.25) is 0 Å². The predicted molar refractivity (Wildman–Crippen MR) is 328 cm³/mol. The van der Waals surface area contributed by atoms with E-state index in [4.69, 9.17) is 0 Å². The van der Waals surface area contributed by atoms with Crippen LogP contribution in [-0.2, 0) is 16.2 Å². The second-order valence-corrected chi connectivity index (χ2v) is 23.4. The molecule has 0 saturated carbocycles. The fraction of sp³-hybridized carbons (Fsp3) is 0.0909. The maximum atomic E-state index is 2.58. The van der Waals surface area contributed by atoms with E-state index in [0.29, 0.717) is 0 Å². The highest BCUT2D eigenvalue weighted by Gasteiger charge is 2.52. The Hall–Kier alpha value is -9.30. The molecule has 0 N–H and O–H groups in total. The summed E-state index contributed by atoms with van der Waals surface area (Å²) in [5.74, 6) is 0. The Morgan fingerprint density at radius 1 is 0.256 bits per heavy atom. The van der Waals surface area contributed by atoms with Crippen LogP contribution in [-0.4, -0.2) is 0 Å². The lowest BCUT2D eigenvalue weighted by molar-refractivity contribution is 0.601. The van der Waals surface area contributed by atoms with E-state index in [1.54, 1.807) is 0 Å².